The minimum absolute atomic E-state index is 0.0531. The van der Waals surface area contributed by atoms with Crippen molar-refractivity contribution < 1.29 is 13.2 Å². The highest BCUT2D eigenvalue weighted by Crippen LogP contribution is 2.22. The second-order valence-corrected chi connectivity index (χ2v) is 9.84. The third-order valence-corrected chi connectivity index (χ3v) is 7.58. The van der Waals surface area contributed by atoms with Gasteiger partial charge in [-0.05, 0) is 69.2 Å². The minimum Gasteiger partial charge on any atom is -0.376 e. The number of anilines is 1. The van der Waals surface area contributed by atoms with E-state index in [1.165, 1.54) is 18.4 Å². The first-order valence-electron chi connectivity index (χ1n) is 10.8. The molecule has 0 atom stereocenters. The van der Waals surface area contributed by atoms with E-state index < -0.39 is 10.0 Å². The molecule has 7 heteroatoms. The molecule has 0 aromatic heterocycles. The molecule has 0 saturated carbocycles. The van der Waals surface area contributed by atoms with E-state index in [9.17, 15) is 13.2 Å². The Labute approximate surface area is 174 Å². The van der Waals surface area contributed by atoms with E-state index in [1.54, 1.807) is 28.6 Å². The Morgan fingerprint density at radius 2 is 1.69 bits per heavy atom. The summed E-state index contributed by atoms with van der Waals surface area (Å²) in [6, 6.07) is 6.70. The van der Waals surface area contributed by atoms with Gasteiger partial charge in [-0.2, -0.15) is 4.31 Å². The number of nitrogens with zero attached hydrogens (tertiary/aromatic N) is 1. The molecule has 1 aliphatic carbocycles. The summed E-state index contributed by atoms with van der Waals surface area (Å²) >= 11 is 0. The van der Waals surface area contributed by atoms with Crippen molar-refractivity contribution >= 4 is 21.6 Å². The maximum atomic E-state index is 12.8. The van der Waals surface area contributed by atoms with Gasteiger partial charge in [0.25, 0.3) is 0 Å². The lowest BCUT2D eigenvalue weighted by Crippen LogP contribution is -2.32. The molecule has 160 valence electrons. The number of benzene rings is 1. The van der Waals surface area contributed by atoms with Crippen LogP contribution in [0.15, 0.2) is 40.8 Å². The second kappa shape index (κ2) is 10.8. The fourth-order valence-corrected chi connectivity index (χ4v) is 5.43. The Morgan fingerprint density at radius 1 is 0.966 bits per heavy atom. The Bertz CT molecular complexity index is 795. The van der Waals surface area contributed by atoms with E-state index in [0.717, 1.165) is 50.6 Å². The minimum atomic E-state index is -3.44. The van der Waals surface area contributed by atoms with Crippen molar-refractivity contribution in [3.8, 4) is 0 Å². The highest BCUT2D eigenvalue weighted by Gasteiger charge is 2.24. The first-order chi connectivity index (χ1) is 14.1. The van der Waals surface area contributed by atoms with E-state index in [-0.39, 0.29) is 12.5 Å². The van der Waals surface area contributed by atoms with Crippen LogP contribution in [0.5, 0.6) is 0 Å². The molecular formula is C22H33N3O3S. The molecule has 3 rings (SSSR count). The van der Waals surface area contributed by atoms with Gasteiger partial charge in [0.1, 0.15) is 0 Å². The zero-order valence-corrected chi connectivity index (χ0v) is 18.0. The molecule has 2 aliphatic rings. The van der Waals surface area contributed by atoms with Gasteiger partial charge in [0.2, 0.25) is 15.9 Å². The van der Waals surface area contributed by atoms with Gasteiger partial charge in [0.05, 0.1) is 11.4 Å². The van der Waals surface area contributed by atoms with Gasteiger partial charge in [-0.25, -0.2) is 8.42 Å². The lowest BCUT2D eigenvalue weighted by Gasteiger charge is -2.20. The molecule has 29 heavy (non-hydrogen) atoms. The number of amides is 1. The predicted molar refractivity (Wildman–Crippen MR) is 116 cm³/mol. The van der Waals surface area contributed by atoms with Gasteiger partial charge >= 0.3 is 0 Å². The molecule has 0 unspecified atom stereocenters. The molecule has 6 nitrogen and oxygen atoms in total. The SMILES string of the molecule is O=C(CNc1ccc(S(=O)(=O)N2CCCCCC2)cc1)NCCC1=CCCCC1. The van der Waals surface area contributed by atoms with Crippen LogP contribution in [0.3, 0.4) is 0 Å². The lowest BCUT2D eigenvalue weighted by molar-refractivity contribution is -0.119. The standard InChI is InChI=1S/C22H33N3O3S/c26-22(23-15-14-19-8-4-3-5-9-19)18-24-20-10-12-21(13-11-20)29(27,28)25-16-6-1-2-7-17-25/h8,10-13,24H,1-7,9,14-18H2,(H,23,26). The molecule has 1 saturated heterocycles. The van der Waals surface area contributed by atoms with E-state index in [4.69, 9.17) is 0 Å². The molecule has 1 amide bonds. The molecule has 2 N–H and O–H groups in total. The highest BCUT2D eigenvalue weighted by molar-refractivity contribution is 7.89. The molecule has 1 aromatic carbocycles. The van der Waals surface area contributed by atoms with E-state index >= 15 is 0 Å². The monoisotopic (exact) mass is 419 g/mol. The van der Waals surface area contributed by atoms with Crippen LogP contribution < -0.4 is 10.6 Å². The van der Waals surface area contributed by atoms with Crippen LogP contribution in [0.4, 0.5) is 5.69 Å². The normalized spacial score (nSPS) is 18.6. The average molecular weight is 420 g/mol. The number of hydrogen-bond donors (Lipinski definition) is 2. The third kappa shape index (κ3) is 6.57. The fourth-order valence-electron chi connectivity index (χ4n) is 3.91. The fraction of sp³-hybridized carbons (Fsp3) is 0.591. The maximum Gasteiger partial charge on any atom is 0.243 e. The Balaban J connectivity index is 1.44. The summed E-state index contributed by atoms with van der Waals surface area (Å²) in [5, 5.41) is 6.01. The van der Waals surface area contributed by atoms with E-state index in [1.807, 2.05) is 0 Å². The summed E-state index contributed by atoms with van der Waals surface area (Å²) in [5.74, 6) is -0.0531. The molecule has 0 spiro atoms. The Kier molecular flexibility index (Phi) is 8.12. The Hall–Kier alpha value is -1.86. The molecule has 0 radical (unpaired) electrons. The van der Waals surface area contributed by atoms with Crippen molar-refractivity contribution in [2.75, 3.05) is 31.5 Å². The summed E-state index contributed by atoms with van der Waals surface area (Å²) in [6.07, 6.45) is 12.1. The summed E-state index contributed by atoms with van der Waals surface area (Å²) in [6.45, 7) is 2.04. The van der Waals surface area contributed by atoms with Crippen molar-refractivity contribution in [1.29, 1.82) is 0 Å². The van der Waals surface area contributed by atoms with Crippen molar-refractivity contribution in [3.63, 3.8) is 0 Å². The van der Waals surface area contributed by atoms with Crippen molar-refractivity contribution in [3.05, 3.63) is 35.9 Å². The summed E-state index contributed by atoms with van der Waals surface area (Å²) in [7, 11) is -3.44. The number of hydrogen-bond acceptors (Lipinski definition) is 4. The van der Waals surface area contributed by atoms with Crippen LogP contribution in [0.2, 0.25) is 0 Å². The summed E-state index contributed by atoms with van der Waals surface area (Å²) in [4.78, 5) is 12.3. The maximum absolute atomic E-state index is 12.8. The smallest absolute Gasteiger partial charge is 0.243 e. The number of carbonyl (C=O) groups is 1. The van der Waals surface area contributed by atoms with Gasteiger partial charge in [-0.3, -0.25) is 4.79 Å². The van der Waals surface area contributed by atoms with Crippen LogP contribution in [0.1, 0.15) is 57.8 Å². The van der Waals surface area contributed by atoms with Crippen molar-refractivity contribution in [1.82, 2.24) is 9.62 Å². The van der Waals surface area contributed by atoms with Crippen LogP contribution in [-0.2, 0) is 14.8 Å². The average Bonchev–Trinajstić information content (AvgIpc) is 3.04. The third-order valence-electron chi connectivity index (χ3n) is 5.66. The van der Waals surface area contributed by atoms with Gasteiger partial charge in [-0.15, -0.1) is 0 Å². The van der Waals surface area contributed by atoms with Gasteiger partial charge in [-0.1, -0.05) is 24.5 Å². The quantitative estimate of drug-likeness (QED) is 0.630. The zero-order valence-electron chi connectivity index (χ0n) is 17.2. The summed E-state index contributed by atoms with van der Waals surface area (Å²) in [5.41, 5.74) is 2.19. The van der Waals surface area contributed by atoms with Crippen molar-refractivity contribution in [2.45, 2.75) is 62.7 Å². The number of nitrogens with one attached hydrogen (secondary N) is 2. The molecule has 1 aromatic rings. The second-order valence-electron chi connectivity index (χ2n) is 7.90. The van der Waals surface area contributed by atoms with E-state index in [2.05, 4.69) is 16.7 Å². The van der Waals surface area contributed by atoms with Gasteiger partial charge in [0.15, 0.2) is 0 Å². The largest absolute Gasteiger partial charge is 0.376 e. The predicted octanol–water partition coefficient (Wildman–Crippen LogP) is 3.67. The van der Waals surface area contributed by atoms with Crippen molar-refractivity contribution in [2.24, 2.45) is 0 Å². The van der Waals surface area contributed by atoms with Gasteiger partial charge in [0, 0.05) is 25.3 Å². The first kappa shape index (κ1) is 21.8. The first-order valence-corrected chi connectivity index (χ1v) is 12.3. The lowest BCUT2D eigenvalue weighted by atomic mass is 9.97. The number of allylic oxidation sites excluding steroid dienone is 1. The molecule has 1 fully saturated rings. The van der Waals surface area contributed by atoms with Crippen LogP contribution in [0, 0.1) is 0 Å². The van der Waals surface area contributed by atoms with Gasteiger partial charge < -0.3 is 10.6 Å². The molecular weight excluding hydrogens is 386 g/mol. The van der Waals surface area contributed by atoms with Crippen LogP contribution in [-0.4, -0.2) is 44.8 Å². The zero-order chi connectivity index (χ0) is 20.5. The highest BCUT2D eigenvalue weighted by atomic mass is 32.2. The topological polar surface area (TPSA) is 78.5 Å². The van der Waals surface area contributed by atoms with Crippen LogP contribution >= 0.6 is 0 Å². The molecule has 1 heterocycles. The number of rotatable bonds is 8. The molecule has 1 aliphatic heterocycles. The van der Waals surface area contributed by atoms with Crippen LogP contribution in [0.25, 0.3) is 0 Å². The summed E-state index contributed by atoms with van der Waals surface area (Å²) < 4.78 is 27.2. The molecule has 0 bridgehead atoms. The Morgan fingerprint density at radius 3 is 2.34 bits per heavy atom. The number of carbonyl (C=O) groups excluding carboxylic acids is 1. The number of sulfonamides is 1. The van der Waals surface area contributed by atoms with E-state index in [0.29, 0.717) is 24.5 Å².